The highest BCUT2D eigenvalue weighted by Gasteiger charge is 2.34. The topological polar surface area (TPSA) is 56.7 Å². The van der Waals surface area contributed by atoms with Gasteiger partial charge in [-0.25, -0.2) is 0 Å². The van der Waals surface area contributed by atoms with Gasteiger partial charge < -0.3 is 5.73 Å². The van der Waals surface area contributed by atoms with Crippen molar-refractivity contribution in [2.75, 3.05) is 0 Å². The Morgan fingerprint density at radius 2 is 1.65 bits per heavy atom. The van der Waals surface area contributed by atoms with Crippen LogP contribution in [0.3, 0.4) is 0 Å². The van der Waals surface area contributed by atoms with Crippen molar-refractivity contribution < 1.29 is 0 Å². The molecule has 0 atom stereocenters. The van der Waals surface area contributed by atoms with E-state index in [2.05, 4.69) is 66.9 Å². The zero-order valence-electron chi connectivity index (χ0n) is 17.8. The zero-order valence-corrected chi connectivity index (χ0v) is 17.8. The van der Waals surface area contributed by atoms with E-state index >= 15 is 0 Å². The van der Waals surface area contributed by atoms with Crippen molar-refractivity contribution in [3.05, 3.63) is 83.7 Å². The molecule has 1 saturated carbocycles. The van der Waals surface area contributed by atoms with Crippen LogP contribution in [0, 0.1) is 0 Å². The van der Waals surface area contributed by atoms with Crippen LogP contribution in [0.1, 0.15) is 36.1 Å². The second-order valence-electron chi connectivity index (χ2n) is 9.01. The van der Waals surface area contributed by atoms with E-state index in [1.54, 1.807) is 0 Å². The number of nitrogens with zero attached hydrogens (tertiary/aromatic N) is 3. The van der Waals surface area contributed by atoms with Gasteiger partial charge in [0.1, 0.15) is 0 Å². The van der Waals surface area contributed by atoms with Crippen molar-refractivity contribution in [3.8, 4) is 33.6 Å². The quantitative estimate of drug-likeness (QED) is 0.505. The molecule has 0 bridgehead atoms. The lowest BCUT2D eigenvalue weighted by Gasteiger charge is -2.38. The van der Waals surface area contributed by atoms with Crippen LogP contribution in [-0.4, -0.2) is 14.8 Å². The molecule has 4 heteroatoms. The van der Waals surface area contributed by atoms with E-state index in [9.17, 15) is 0 Å². The predicted octanol–water partition coefficient (Wildman–Crippen LogP) is 5.25. The number of hydrogen-bond acceptors (Lipinski definition) is 3. The molecule has 2 heterocycles. The van der Waals surface area contributed by atoms with E-state index in [0.29, 0.717) is 0 Å². The van der Waals surface area contributed by atoms with Gasteiger partial charge in [0, 0.05) is 35.5 Å². The molecule has 0 spiro atoms. The minimum Gasteiger partial charge on any atom is -0.321 e. The second kappa shape index (κ2) is 6.89. The van der Waals surface area contributed by atoms with Crippen molar-refractivity contribution in [3.63, 3.8) is 0 Å². The third-order valence-corrected chi connectivity index (χ3v) is 6.96. The number of pyridine rings is 1. The molecule has 0 saturated heterocycles. The molecule has 2 N–H and O–H groups in total. The number of nitrogens with two attached hydrogens (primary N) is 1. The number of benzene rings is 2. The van der Waals surface area contributed by atoms with Gasteiger partial charge in [-0.05, 0) is 54.9 Å². The van der Waals surface area contributed by atoms with Gasteiger partial charge in [-0.1, -0.05) is 54.6 Å². The molecule has 2 aromatic heterocycles. The van der Waals surface area contributed by atoms with Gasteiger partial charge in [-0.15, -0.1) is 0 Å². The van der Waals surface area contributed by atoms with E-state index in [1.165, 1.54) is 23.1 Å². The third-order valence-electron chi connectivity index (χ3n) is 6.96. The van der Waals surface area contributed by atoms with Crippen molar-refractivity contribution in [1.82, 2.24) is 14.8 Å². The van der Waals surface area contributed by atoms with E-state index in [4.69, 9.17) is 15.8 Å². The molecule has 154 valence electrons. The summed E-state index contributed by atoms with van der Waals surface area (Å²) in [4.78, 5) is 5.21. The summed E-state index contributed by atoms with van der Waals surface area (Å²) in [6, 6.07) is 21.6. The van der Waals surface area contributed by atoms with Gasteiger partial charge in [0.25, 0.3) is 0 Å². The maximum Gasteiger partial charge on any atom is 0.0973 e. The van der Waals surface area contributed by atoms with Crippen LogP contribution in [0.5, 0.6) is 0 Å². The first kappa shape index (κ1) is 18.5. The molecular formula is C27H26N4. The number of rotatable bonds is 3. The highest BCUT2D eigenvalue weighted by Crippen LogP contribution is 2.41. The summed E-state index contributed by atoms with van der Waals surface area (Å²) in [6.45, 7) is 0. The number of aromatic nitrogens is 3. The normalized spacial score (nSPS) is 16.3. The Kier molecular flexibility index (Phi) is 4.12. The second-order valence-corrected chi connectivity index (χ2v) is 9.01. The number of fused-ring (bicyclic) bond motifs is 3. The minimum atomic E-state index is -0.139. The van der Waals surface area contributed by atoms with Crippen LogP contribution in [0.25, 0.3) is 33.6 Å². The van der Waals surface area contributed by atoms with Crippen molar-refractivity contribution in [2.45, 2.75) is 37.6 Å². The molecule has 31 heavy (non-hydrogen) atoms. The van der Waals surface area contributed by atoms with E-state index in [1.807, 2.05) is 11.7 Å². The maximum atomic E-state index is 6.55. The molecular weight excluding hydrogens is 380 g/mol. The molecule has 0 radical (unpaired) electrons. The highest BCUT2D eigenvalue weighted by atomic mass is 15.3. The van der Waals surface area contributed by atoms with E-state index in [0.717, 1.165) is 59.5 Å². The fourth-order valence-electron chi connectivity index (χ4n) is 5.01. The minimum absolute atomic E-state index is 0.139. The molecule has 2 aliphatic rings. The molecule has 0 amide bonds. The molecule has 0 unspecified atom stereocenters. The molecule has 4 aromatic rings. The summed E-state index contributed by atoms with van der Waals surface area (Å²) in [5, 5.41) is 4.75. The largest absolute Gasteiger partial charge is 0.321 e. The summed E-state index contributed by atoms with van der Waals surface area (Å²) in [5.74, 6) is 0. The highest BCUT2D eigenvalue weighted by molar-refractivity contribution is 5.85. The first-order valence-electron chi connectivity index (χ1n) is 11.1. The third kappa shape index (κ3) is 3.02. The Labute approximate surface area is 182 Å². The van der Waals surface area contributed by atoms with Crippen LogP contribution < -0.4 is 5.73 Å². The van der Waals surface area contributed by atoms with Crippen LogP contribution in [-0.2, 0) is 25.4 Å². The zero-order chi connectivity index (χ0) is 21.0. The molecule has 1 fully saturated rings. The average molecular weight is 407 g/mol. The Morgan fingerprint density at radius 3 is 2.35 bits per heavy atom. The molecule has 6 rings (SSSR count). The molecule has 4 nitrogen and oxygen atoms in total. The smallest absolute Gasteiger partial charge is 0.0973 e. The Bertz CT molecular complexity index is 1260. The van der Waals surface area contributed by atoms with Gasteiger partial charge in [0.05, 0.1) is 17.1 Å². The summed E-state index contributed by atoms with van der Waals surface area (Å²) in [6.07, 6.45) is 7.44. The SMILES string of the molecule is Cn1cc2c(n1)-c1cc(-c3ccccc3)c(-c3ccc(C4(N)CCC4)cc3)nc1CC2. The lowest BCUT2D eigenvalue weighted by molar-refractivity contribution is 0.253. The fraction of sp³-hybridized carbons (Fsp3) is 0.259. The Balaban J connectivity index is 1.52. The lowest BCUT2D eigenvalue weighted by atomic mass is 9.72. The summed E-state index contributed by atoms with van der Waals surface area (Å²) < 4.78 is 1.91. The van der Waals surface area contributed by atoms with Crippen LogP contribution in [0.2, 0.25) is 0 Å². The first-order chi connectivity index (χ1) is 15.1. The van der Waals surface area contributed by atoms with Gasteiger partial charge in [-0.3, -0.25) is 9.67 Å². The monoisotopic (exact) mass is 406 g/mol. The molecule has 2 aliphatic carbocycles. The lowest BCUT2D eigenvalue weighted by Crippen LogP contribution is -2.43. The van der Waals surface area contributed by atoms with Gasteiger partial charge in [0.15, 0.2) is 0 Å². The van der Waals surface area contributed by atoms with Crippen molar-refractivity contribution in [2.24, 2.45) is 12.8 Å². The van der Waals surface area contributed by atoms with Crippen molar-refractivity contribution >= 4 is 0 Å². The predicted molar refractivity (Wildman–Crippen MR) is 124 cm³/mol. The van der Waals surface area contributed by atoms with Gasteiger partial charge >= 0.3 is 0 Å². The Morgan fingerprint density at radius 1 is 0.871 bits per heavy atom. The summed E-state index contributed by atoms with van der Waals surface area (Å²) >= 11 is 0. The van der Waals surface area contributed by atoms with Crippen LogP contribution in [0.4, 0.5) is 0 Å². The van der Waals surface area contributed by atoms with Gasteiger partial charge in [0.2, 0.25) is 0 Å². The van der Waals surface area contributed by atoms with E-state index < -0.39 is 0 Å². The molecule has 0 aliphatic heterocycles. The average Bonchev–Trinajstić information content (AvgIpc) is 3.18. The van der Waals surface area contributed by atoms with Gasteiger partial charge in [-0.2, -0.15) is 5.10 Å². The van der Waals surface area contributed by atoms with Crippen LogP contribution in [0.15, 0.2) is 66.9 Å². The maximum absolute atomic E-state index is 6.55. The number of hydrogen-bond donors (Lipinski definition) is 1. The standard InChI is InChI=1S/C27H26N4/c1-31-17-20-10-13-24-23(26(20)30-31)16-22(18-6-3-2-4-7-18)25(29-24)19-8-11-21(12-9-19)27(28)14-5-15-27/h2-4,6-9,11-12,16-17H,5,10,13-15,28H2,1H3. The van der Waals surface area contributed by atoms with E-state index in [-0.39, 0.29) is 5.54 Å². The summed E-state index contributed by atoms with van der Waals surface area (Å²) in [7, 11) is 1.99. The fourth-order valence-corrected chi connectivity index (χ4v) is 5.01. The van der Waals surface area contributed by atoms with Crippen molar-refractivity contribution in [1.29, 1.82) is 0 Å². The Hall–Kier alpha value is -3.24. The summed E-state index contributed by atoms with van der Waals surface area (Å²) in [5.41, 5.74) is 16.8. The number of aryl methyl sites for hydroxylation is 3. The molecule has 2 aromatic carbocycles. The van der Waals surface area contributed by atoms with Crippen LogP contribution >= 0.6 is 0 Å². The first-order valence-corrected chi connectivity index (χ1v) is 11.1.